The molecule has 0 bridgehead atoms. The molecule has 33 heavy (non-hydrogen) atoms. The van der Waals surface area contributed by atoms with Gasteiger partial charge in [0.25, 0.3) is 0 Å². The summed E-state index contributed by atoms with van der Waals surface area (Å²) < 4.78 is 6.64. The second kappa shape index (κ2) is 7.77. The number of carbonyl (C=O) groups is 1. The Bertz CT molecular complexity index is 1210. The molecule has 1 spiro atoms. The molecule has 0 N–H and O–H groups in total. The average Bonchev–Trinajstić information content (AvgIpc) is 3.32. The summed E-state index contributed by atoms with van der Waals surface area (Å²) >= 11 is 0. The Morgan fingerprint density at radius 3 is 2.24 bits per heavy atom. The van der Waals surface area contributed by atoms with Gasteiger partial charge in [0, 0.05) is 44.8 Å². The number of hydrogen-bond donors (Lipinski definition) is 0. The van der Waals surface area contributed by atoms with Gasteiger partial charge in [-0.25, -0.2) is 5.01 Å². The number of likely N-dealkylation sites (tertiary alicyclic amines) is 1. The highest BCUT2D eigenvalue weighted by Crippen LogP contribution is 2.49. The van der Waals surface area contributed by atoms with Gasteiger partial charge in [0.05, 0.1) is 11.8 Å². The van der Waals surface area contributed by atoms with Crippen LogP contribution >= 0.6 is 0 Å². The van der Waals surface area contributed by atoms with E-state index in [1.54, 1.807) is 6.92 Å². The molecule has 0 radical (unpaired) electrons. The van der Waals surface area contributed by atoms with E-state index in [4.69, 9.17) is 9.84 Å². The number of piperidine rings is 1. The van der Waals surface area contributed by atoms with Crippen LogP contribution in [0.3, 0.4) is 0 Å². The van der Waals surface area contributed by atoms with Gasteiger partial charge in [-0.3, -0.25) is 4.79 Å². The third kappa shape index (κ3) is 3.39. The first kappa shape index (κ1) is 20.0. The van der Waals surface area contributed by atoms with E-state index in [1.165, 1.54) is 16.7 Å². The Kier molecular flexibility index (Phi) is 4.72. The van der Waals surface area contributed by atoms with Crippen LogP contribution in [0.15, 0.2) is 84.0 Å². The SMILES string of the molecule is CC(=O)N1CCC2(CC1)Oc1ccccc1[C@H]1CC(c3ccc(-c4ccccc4)cc3)=NN12. The number of fused-ring (bicyclic) bond motifs is 4. The molecule has 1 amide bonds. The highest BCUT2D eigenvalue weighted by atomic mass is 16.5. The van der Waals surface area contributed by atoms with Crippen LogP contribution in [-0.2, 0) is 4.79 Å². The second-order valence-electron chi connectivity index (χ2n) is 9.15. The van der Waals surface area contributed by atoms with Crippen LogP contribution in [0.1, 0.15) is 43.4 Å². The number of amides is 1. The minimum atomic E-state index is -0.503. The molecule has 3 aliphatic heterocycles. The Morgan fingerprint density at radius 2 is 1.52 bits per heavy atom. The van der Waals surface area contributed by atoms with Gasteiger partial charge in [0.15, 0.2) is 0 Å². The van der Waals surface area contributed by atoms with Crippen molar-refractivity contribution in [1.29, 1.82) is 0 Å². The van der Waals surface area contributed by atoms with Crippen LogP contribution in [0.5, 0.6) is 5.75 Å². The first-order valence-electron chi connectivity index (χ1n) is 11.7. The van der Waals surface area contributed by atoms with Gasteiger partial charge < -0.3 is 9.64 Å². The molecule has 5 nitrogen and oxygen atoms in total. The van der Waals surface area contributed by atoms with Crippen molar-refractivity contribution in [3.63, 3.8) is 0 Å². The molecule has 0 unspecified atom stereocenters. The van der Waals surface area contributed by atoms with Crippen LogP contribution in [0.2, 0.25) is 0 Å². The summed E-state index contributed by atoms with van der Waals surface area (Å²) in [6, 6.07) is 27.6. The van der Waals surface area contributed by atoms with Crippen molar-refractivity contribution in [1.82, 2.24) is 9.91 Å². The molecule has 1 fully saturated rings. The first-order chi connectivity index (χ1) is 16.1. The molecule has 5 heteroatoms. The number of hydrogen-bond acceptors (Lipinski definition) is 4. The lowest BCUT2D eigenvalue weighted by atomic mass is 9.90. The summed E-state index contributed by atoms with van der Waals surface area (Å²) in [5, 5.41) is 7.35. The number of carbonyl (C=O) groups excluding carboxylic acids is 1. The normalized spacial score (nSPS) is 20.6. The highest BCUT2D eigenvalue weighted by Gasteiger charge is 2.52. The number of nitrogens with zero attached hydrogens (tertiary/aromatic N) is 3. The summed E-state index contributed by atoms with van der Waals surface area (Å²) in [4.78, 5) is 13.8. The molecule has 3 aliphatic rings. The number of hydrazone groups is 1. The zero-order valence-electron chi connectivity index (χ0n) is 18.8. The summed E-state index contributed by atoms with van der Waals surface area (Å²) in [6.45, 7) is 3.03. The van der Waals surface area contributed by atoms with Gasteiger partial charge in [-0.2, -0.15) is 5.10 Å². The van der Waals surface area contributed by atoms with Crippen molar-refractivity contribution in [2.24, 2.45) is 5.10 Å². The van der Waals surface area contributed by atoms with Crippen LogP contribution in [0.25, 0.3) is 11.1 Å². The van der Waals surface area contributed by atoms with Crippen molar-refractivity contribution in [2.75, 3.05) is 13.1 Å². The quantitative estimate of drug-likeness (QED) is 0.551. The molecule has 3 aromatic rings. The lowest BCUT2D eigenvalue weighted by Crippen LogP contribution is -2.59. The largest absolute Gasteiger partial charge is 0.466 e. The second-order valence-corrected chi connectivity index (χ2v) is 9.15. The summed E-state index contributed by atoms with van der Waals surface area (Å²) in [6.07, 6.45) is 2.35. The number of para-hydroxylation sites is 1. The van der Waals surface area contributed by atoms with Crippen molar-refractivity contribution in [2.45, 2.75) is 38.0 Å². The molecule has 0 saturated carbocycles. The Balaban J connectivity index is 1.34. The first-order valence-corrected chi connectivity index (χ1v) is 11.7. The minimum Gasteiger partial charge on any atom is -0.466 e. The summed E-state index contributed by atoms with van der Waals surface area (Å²) in [7, 11) is 0. The molecule has 0 aromatic heterocycles. The van der Waals surface area contributed by atoms with Gasteiger partial charge in [0.2, 0.25) is 11.6 Å². The molecule has 1 saturated heterocycles. The number of benzene rings is 3. The maximum Gasteiger partial charge on any atom is 0.219 e. The maximum absolute atomic E-state index is 11.9. The molecule has 3 aromatic carbocycles. The predicted molar refractivity (Wildman–Crippen MR) is 129 cm³/mol. The fourth-order valence-corrected chi connectivity index (χ4v) is 5.39. The smallest absolute Gasteiger partial charge is 0.219 e. The molecule has 6 rings (SSSR count). The third-order valence-corrected chi connectivity index (χ3v) is 7.22. The number of ether oxygens (including phenoxy) is 1. The molecule has 0 aliphatic carbocycles. The van der Waals surface area contributed by atoms with Crippen molar-refractivity contribution < 1.29 is 9.53 Å². The average molecular weight is 438 g/mol. The monoisotopic (exact) mass is 437 g/mol. The fourth-order valence-electron chi connectivity index (χ4n) is 5.39. The van der Waals surface area contributed by atoms with Gasteiger partial charge in [-0.15, -0.1) is 0 Å². The molecule has 3 heterocycles. The van der Waals surface area contributed by atoms with E-state index in [1.807, 2.05) is 17.0 Å². The fraction of sp³-hybridized carbons (Fsp3) is 0.286. The van der Waals surface area contributed by atoms with Crippen molar-refractivity contribution in [3.05, 3.63) is 90.0 Å². The van der Waals surface area contributed by atoms with Crippen LogP contribution in [0.4, 0.5) is 0 Å². The van der Waals surface area contributed by atoms with Gasteiger partial charge >= 0.3 is 0 Å². The minimum absolute atomic E-state index is 0.127. The van der Waals surface area contributed by atoms with E-state index in [0.29, 0.717) is 13.1 Å². The van der Waals surface area contributed by atoms with Crippen molar-refractivity contribution in [3.8, 4) is 16.9 Å². The van der Waals surface area contributed by atoms with E-state index in [9.17, 15) is 4.79 Å². The molecular formula is C28H27N3O2. The van der Waals surface area contributed by atoms with Crippen LogP contribution in [-0.4, -0.2) is 40.3 Å². The van der Waals surface area contributed by atoms with Gasteiger partial charge in [0.1, 0.15) is 5.75 Å². The summed E-state index contributed by atoms with van der Waals surface area (Å²) in [5.74, 6) is 1.08. The van der Waals surface area contributed by atoms with Crippen molar-refractivity contribution >= 4 is 11.6 Å². The molecule has 166 valence electrons. The van der Waals surface area contributed by atoms with E-state index in [0.717, 1.165) is 36.3 Å². The van der Waals surface area contributed by atoms with E-state index >= 15 is 0 Å². The summed E-state index contributed by atoms with van der Waals surface area (Å²) in [5.41, 5.74) is 5.35. The van der Waals surface area contributed by atoms with E-state index in [2.05, 4.69) is 71.7 Å². The lowest BCUT2D eigenvalue weighted by molar-refractivity contribution is -0.158. The zero-order chi connectivity index (χ0) is 22.4. The third-order valence-electron chi connectivity index (χ3n) is 7.22. The molecular weight excluding hydrogens is 410 g/mol. The van der Waals surface area contributed by atoms with E-state index < -0.39 is 5.72 Å². The Morgan fingerprint density at radius 1 is 0.879 bits per heavy atom. The highest BCUT2D eigenvalue weighted by molar-refractivity contribution is 6.02. The van der Waals surface area contributed by atoms with Gasteiger partial charge in [-0.05, 0) is 22.8 Å². The molecule has 1 atom stereocenters. The van der Waals surface area contributed by atoms with Gasteiger partial charge in [-0.1, -0.05) is 72.8 Å². The zero-order valence-corrected chi connectivity index (χ0v) is 18.8. The van der Waals surface area contributed by atoms with E-state index in [-0.39, 0.29) is 11.9 Å². The van der Waals surface area contributed by atoms with Crippen LogP contribution in [0, 0.1) is 0 Å². The van der Waals surface area contributed by atoms with Crippen LogP contribution < -0.4 is 4.74 Å². The maximum atomic E-state index is 11.9. The number of rotatable bonds is 2. The topological polar surface area (TPSA) is 45.1 Å². The predicted octanol–water partition coefficient (Wildman–Crippen LogP) is 5.24. The standard InChI is InChI=1S/C28H27N3O2/c1-20(32)30-17-15-28(16-18-30)31-26(24-9-5-6-10-27(24)33-28)19-25(29-31)23-13-11-22(12-14-23)21-7-3-2-4-8-21/h2-14,26H,15-19H2,1H3/t26-/m1/s1. The lowest BCUT2D eigenvalue weighted by Gasteiger charge is -2.51. The Hall–Kier alpha value is -3.60. The Labute approximate surface area is 194 Å².